The second-order valence-electron chi connectivity index (χ2n) is 3.98. The lowest BCUT2D eigenvalue weighted by Crippen LogP contribution is -2.12. The fraction of sp³-hybridized carbons (Fsp3) is 0.462. The summed E-state index contributed by atoms with van der Waals surface area (Å²) in [6.45, 7) is 4.96. The Morgan fingerprint density at radius 1 is 1.31 bits per heavy atom. The Morgan fingerprint density at radius 3 is 2.81 bits per heavy atom. The van der Waals surface area contributed by atoms with E-state index in [0.29, 0.717) is 0 Å². The maximum absolute atomic E-state index is 12.1. The number of aryl methyl sites for hydroxylation is 2. The molecule has 0 amide bonds. The first-order chi connectivity index (χ1) is 7.77. The highest BCUT2D eigenvalue weighted by Gasteiger charge is 2.09. The first-order valence-electron chi connectivity index (χ1n) is 5.89. The fourth-order valence-electron chi connectivity index (χ4n) is 1.96. The average Bonchev–Trinajstić information content (AvgIpc) is 2.64. The van der Waals surface area contributed by atoms with E-state index in [1.54, 1.807) is 11.5 Å². The molecular formula is C13H17NOS. The molecule has 2 aromatic rings. The van der Waals surface area contributed by atoms with Gasteiger partial charge in [0.15, 0.2) is 0 Å². The Labute approximate surface area is 99.7 Å². The van der Waals surface area contributed by atoms with Crippen molar-refractivity contribution >= 4 is 21.6 Å². The van der Waals surface area contributed by atoms with Gasteiger partial charge in [-0.05, 0) is 31.4 Å². The van der Waals surface area contributed by atoms with Crippen LogP contribution in [-0.4, -0.2) is 3.96 Å². The lowest BCUT2D eigenvalue weighted by atomic mass is 10.1. The maximum Gasteiger partial charge on any atom is 0.268 e. The number of hydrogen-bond donors (Lipinski definition) is 0. The summed E-state index contributed by atoms with van der Waals surface area (Å²) in [6.07, 6.45) is 3.34. The zero-order chi connectivity index (χ0) is 11.5. The number of benzene rings is 1. The minimum absolute atomic E-state index is 0.189. The van der Waals surface area contributed by atoms with Gasteiger partial charge in [0.05, 0.1) is 10.1 Å². The Balaban J connectivity index is 2.57. The van der Waals surface area contributed by atoms with E-state index < -0.39 is 0 Å². The average molecular weight is 235 g/mol. The van der Waals surface area contributed by atoms with Crippen molar-refractivity contribution in [3.05, 3.63) is 34.1 Å². The van der Waals surface area contributed by atoms with Crippen LogP contribution in [0.15, 0.2) is 23.0 Å². The zero-order valence-corrected chi connectivity index (χ0v) is 10.6. The normalized spacial score (nSPS) is 11.1. The minimum atomic E-state index is 0.189. The number of rotatable bonds is 4. The van der Waals surface area contributed by atoms with Crippen LogP contribution in [0.2, 0.25) is 0 Å². The van der Waals surface area contributed by atoms with Gasteiger partial charge >= 0.3 is 0 Å². The van der Waals surface area contributed by atoms with Gasteiger partial charge in [0.1, 0.15) is 0 Å². The van der Waals surface area contributed by atoms with Crippen molar-refractivity contribution in [2.75, 3.05) is 0 Å². The van der Waals surface area contributed by atoms with Crippen molar-refractivity contribution < 1.29 is 0 Å². The third-order valence-electron chi connectivity index (χ3n) is 2.85. The number of aromatic nitrogens is 1. The highest BCUT2D eigenvalue weighted by molar-refractivity contribution is 7.13. The summed E-state index contributed by atoms with van der Waals surface area (Å²) < 4.78 is 2.96. The molecule has 1 aromatic carbocycles. The molecule has 0 saturated heterocycles. The van der Waals surface area contributed by atoms with Crippen molar-refractivity contribution in [2.45, 2.75) is 39.7 Å². The molecule has 1 aromatic heterocycles. The first-order valence-corrected chi connectivity index (χ1v) is 6.67. The summed E-state index contributed by atoms with van der Waals surface area (Å²) in [6, 6.07) is 6.19. The zero-order valence-electron chi connectivity index (χ0n) is 9.82. The van der Waals surface area contributed by atoms with Crippen molar-refractivity contribution in [3.8, 4) is 0 Å². The van der Waals surface area contributed by atoms with Gasteiger partial charge in [-0.25, -0.2) is 0 Å². The summed E-state index contributed by atoms with van der Waals surface area (Å²) in [5.74, 6) is 0. The van der Waals surface area contributed by atoms with Crippen LogP contribution in [0.25, 0.3) is 10.1 Å². The minimum Gasteiger partial charge on any atom is -0.268 e. The van der Waals surface area contributed by atoms with Crippen LogP contribution in [0.5, 0.6) is 0 Å². The van der Waals surface area contributed by atoms with E-state index in [1.165, 1.54) is 12.0 Å². The molecule has 0 fully saturated rings. The number of hydrogen-bond acceptors (Lipinski definition) is 2. The molecule has 0 aliphatic rings. The third kappa shape index (κ3) is 1.92. The van der Waals surface area contributed by atoms with Crippen LogP contribution in [0.1, 0.15) is 32.3 Å². The standard InChI is InChI=1S/C13H17NOS/c1-3-5-7-10-8-6-9-11-12(10)13(15)14(4-2)16-11/h6,8-9H,3-5,7H2,1-2H3. The molecular weight excluding hydrogens is 218 g/mol. The number of nitrogens with zero attached hydrogens (tertiary/aromatic N) is 1. The Morgan fingerprint density at radius 2 is 2.12 bits per heavy atom. The molecule has 16 heavy (non-hydrogen) atoms. The van der Waals surface area contributed by atoms with Crippen LogP contribution in [0, 0.1) is 0 Å². The lowest BCUT2D eigenvalue weighted by molar-refractivity contribution is 0.793. The summed E-state index contributed by atoms with van der Waals surface area (Å²) in [4.78, 5) is 12.1. The Kier molecular flexibility index (Phi) is 3.44. The second-order valence-corrected chi connectivity index (χ2v) is 5.05. The molecule has 2 rings (SSSR count). The van der Waals surface area contributed by atoms with Crippen LogP contribution in [0.3, 0.4) is 0 Å². The van der Waals surface area contributed by atoms with E-state index in [4.69, 9.17) is 0 Å². The number of unbranched alkanes of at least 4 members (excludes halogenated alkanes) is 1. The highest BCUT2D eigenvalue weighted by atomic mass is 32.1. The molecule has 0 atom stereocenters. The molecule has 3 heteroatoms. The summed E-state index contributed by atoms with van der Waals surface area (Å²) >= 11 is 1.58. The molecule has 0 aliphatic heterocycles. The van der Waals surface area contributed by atoms with Gasteiger partial charge in [-0.1, -0.05) is 37.0 Å². The van der Waals surface area contributed by atoms with Crippen molar-refractivity contribution in [2.24, 2.45) is 0 Å². The Hall–Kier alpha value is -1.09. The first kappa shape index (κ1) is 11.4. The molecule has 2 nitrogen and oxygen atoms in total. The molecule has 0 bridgehead atoms. The molecule has 0 N–H and O–H groups in total. The SMILES string of the molecule is CCCCc1cccc2sn(CC)c(=O)c12. The third-order valence-corrected chi connectivity index (χ3v) is 4.03. The molecule has 0 unspecified atom stereocenters. The van der Waals surface area contributed by atoms with E-state index in [1.807, 2.05) is 16.9 Å². The van der Waals surface area contributed by atoms with Crippen LogP contribution < -0.4 is 5.56 Å². The van der Waals surface area contributed by atoms with Crippen LogP contribution in [-0.2, 0) is 13.0 Å². The van der Waals surface area contributed by atoms with Gasteiger partial charge in [0, 0.05) is 6.54 Å². The predicted octanol–water partition coefficient (Wildman–Crippen LogP) is 3.43. The van der Waals surface area contributed by atoms with E-state index in [-0.39, 0.29) is 5.56 Å². The molecule has 0 spiro atoms. The van der Waals surface area contributed by atoms with Gasteiger partial charge in [-0.3, -0.25) is 8.75 Å². The number of fused-ring (bicyclic) bond motifs is 1. The molecule has 0 radical (unpaired) electrons. The molecule has 0 saturated carbocycles. The smallest absolute Gasteiger partial charge is 0.268 e. The van der Waals surface area contributed by atoms with Gasteiger partial charge in [-0.2, -0.15) is 0 Å². The van der Waals surface area contributed by atoms with Gasteiger partial charge in [-0.15, -0.1) is 0 Å². The monoisotopic (exact) mass is 235 g/mol. The molecule has 86 valence electrons. The highest BCUT2D eigenvalue weighted by Crippen LogP contribution is 2.21. The Bertz CT molecular complexity index is 538. The van der Waals surface area contributed by atoms with Crippen molar-refractivity contribution in [1.29, 1.82) is 0 Å². The van der Waals surface area contributed by atoms with Gasteiger partial charge in [0.25, 0.3) is 5.56 Å². The van der Waals surface area contributed by atoms with E-state index in [9.17, 15) is 4.79 Å². The van der Waals surface area contributed by atoms with Gasteiger partial charge < -0.3 is 0 Å². The van der Waals surface area contributed by atoms with Gasteiger partial charge in [0.2, 0.25) is 0 Å². The predicted molar refractivity (Wildman–Crippen MR) is 70.4 cm³/mol. The van der Waals surface area contributed by atoms with Crippen molar-refractivity contribution in [3.63, 3.8) is 0 Å². The van der Waals surface area contributed by atoms with Crippen LogP contribution >= 0.6 is 11.5 Å². The summed E-state index contributed by atoms with van der Waals surface area (Å²) in [5, 5.41) is 0.947. The topological polar surface area (TPSA) is 22.0 Å². The summed E-state index contributed by atoms with van der Waals surface area (Å²) in [5.41, 5.74) is 1.40. The quantitative estimate of drug-likeness (QED) is 0.796. The fourth-order valence-corrected chi connectivity index (χ4v) is 2.95. The second kappa shape index (κ2) is 4.83. The van der Waals surface area contributed by atoms with Crippen LogP contribution in [0.4, 0.5) is 0 Å². The lowest BCUT2D eigenvalue weighted by Gasteiger charge is -1.99. The molecule has 0 aliphatic carbocycles. The van der Waals surface area contributed by atoms with Crippen molar-refractivity contribution in [1.82, 2.24) is 3.96 Å². The maximum atomic E-state index is 12.1. The van der Waals surface area contributed by atoms with E-state index in [2.05, 4.69) is 19.1 Å². The molecule has 1 heterocycles. The summed E-state index contributed by atoms with van der Waals surface area (Å²) in [7, 11) is 0. The largest absolute Gasteiger partial charge is 0.268 e. The van der Waals surface area contributed by atoms with E-state index in [0.717, 1.165) is 29.5 Å². The van der Waals surface area contributed by atoms with E-state index >= 15 is 0 Å².